The Bertz CT molecular complexity index is 481. The van der Waals surface area contributed by atoms with Crippen LogP contribution in [-0.4, -0.2) is 4.98 Å². The second-order valence-corrected chi connectivity index (χ2v) is 4.97. The third-order valence-electron chi connectivity index (χ3n) is 2.19. The zero-order chi connectivity index (χ0) is 11.5. The van der Waals surface area contributed by atoms with Crippen molar-refractivity contribution in [3.05, 3.63) is 40.4 Å². The van der Waals surface area contributed by atoms with Gasteiger partial charge in [-0.2, -0.15) is 4.98 Å². The van der Waals surface area contributed by atoms with Gasteiger partial charge in [-0.15, -0.1) is 0 Å². The number of nitrogens with zero attached hydrogens (tertiary/aromatic N) is 1. The minimum absolute atomic E-state index is 0.472. The summed E-state index contributed by atoms with van der Waals surface area (Å²) in [5, 5.41) is 2.80. The van der Waals surface area contributed by atoms with Crippen molar-refractivity contribution in [2.24, 2.45) is 0 Å². The van der Waals surface area contributed by atoms with E-state index >= 15 is 0 Å². The van der Waals surface area contributed by atoms with E-state index in [1.54, 1.807) is 5.38 Å². The molecule has 0 bridgehead atoms. The van der Waals surface area contributed by atoms with Gasteiger partial charge in [0.1, 0.15) is 10.9 Å². The van der Waals surface area contributed by atoms with Gasteiger partial charge in [-0.05, 0) is 23.6 Å². The fourth-order valence-electron chi connectivity index (χ4n) is 1.32. The number of rotatable bonds is 3. The Morgan fingerprint density at radius 2 is 2.19 bits per heavy atom. The van der Waals surface area contributed by atoms with E-state index in [2.05, 4.69) is 24.9 Å². The summed E-state index contributed by atoms with van der Waals surface area (Å²) in [6.45, 7) is 4.30. The Balaban J connectivity index is 2.18. The van der Waals surface area contributed by atoms with E-state index in [0.29, 0.717) is 16.3 Å². The lowest BCUT2D eigenvalue weighted by atomic mass is 10.0. The number of thiazole rings is 1. The van der Waals surface area contributed by atoms with Gasteiger partial charge < -0.3 is 4.74 Å². The zero-order valence-corrected chi connectivity index (χ0v) is 10.7. The van der Waals surface area contributed by atoms with Gasteiger partial charge >= 0.3 is 0 Å². The lowest BCUT2D eigenvalue weighted by Gasteiger charge is -2.07. The molecule has 0 atom stereocenters. The first-order valence-corrected chi connectivity index (χ1v) is 6.30. The Morgan fingerprint density at radius 1 is 1.38 bits per heavy atom. The molecule has 1 heterocycles. The van der Waals surface area contributed by atoms with Crippen LogP contribution in [0.5, 0.6) is 10.9 Å². The maximum absolute atomic E-state index is 5.73. The van der Waals surface area contributed by atoms with Gasteiger partial charge in [0.2, 0.25) is 0 Å². The first kappa shape index (κ1) is 11.4. The van der Waals surface area contributed by atoms with Gasteiger partial charge in [-0.3, -0.25) is 0 Å². The highest BCUT2D eigenvalue weighted by Gasteiger charge is 2.04. The third kappa shape index (κ3) is 2.74. The highest BCUT2D eigenvalue weighted by molar-refractivity contribution is 7.11. The topological polar surface area (TPSA) is 22.1 Å². The smallest absolute Gasteiger partial charge is 0.280 e. The van der Waals surface area contributed by atoms with Crippen molar-refractivity contribution < 1.29 is 4.74 Å². The Morgan fingerprint density at radius 3 is 2.81 bits per heavy atom. The molecule has 0 aliphatic carbocycles. The van der Waals surface area contributed by atoms with E-state index in [1.807, 2.05) is 18.2 Å². The number of ether oxygens (including phenoxy) is 1. The predicted octanol–water partition coefficient (Wildman–Crippen LogP) is 4.71. The van der Waals surface area contributed by atoms with E-state index in [0.717, 1.165) is 5.75 Å². The van der Waals surface area contributed by atoms with Gasteiger partial charge in [0.05, 0.1) is 0 Å². The molecule has 0 unspecified atom stereocenters. The van der Waals surface area contributed by atoms with Crippen LogP contribution in [0.15, 0.2) is 29.6 Å². The highest BCUT2D eigenvalue weighted by Crippen LogP contribution is 2.28. The Hall–Kier alpha value is -1.06. The Labute approximate surface area is 104 Å². The lowest BCUT2D eigenvalue weighted by Crippen LogP contribution is -1.89. The predicted molar refractivity (Wildman–Crippen MR) is 67.7 cm³/mol. The van der Waals surface area contributed by atoms with Crippen molar-refractivity contribution >= 4 is 22.9 Å². The summed E-state index contributed by atoms with van der Waals surface area (Å²) in [5.74, 6) is 1.29. The van der Waals surface area contributed by atoms with Gasteiger partial charge in [0, 0.05) is 5.38 Å². The average Bonchev–Trinajstić information content (AvgIpc) is 2.64. The van der Waals surface area contributed by atoms with Crippen molar-refractivity contribution in [2.75, 3.05) is 0 Å². The molecule has 0 aliphatic heterocycles. The van der Waals surface area contributed by atoms with Gasteiger partial charge in [-0.25, -0.2) is 0 Å². The van der Waals surface area contributed by atoms with Crippen LogP contribution >= 0.6 is 22.9 Å². The van der Waals surface area contributed by atoms with E-state index in [-0.39, 0.29) is 0 Å². The first-order chi connectivity index (χ1) is 7.65. The second-order valence-electron chi connectivity index (χ2n) is 3.77. The number of aromatic nitrogens is 1. The first-order valence-electron chi connectivity index (χ1n) is 5.04. The van der Waals surface area contributed by atoms with E-state index in [4.69, 9.17) is 16.3 Å². The molecule has 1 aromatic heterocycles. The molecule has 4 heteroatoms. The van der Waals surface area contributed by atoms with Crippen LogP contribution in [0.1, 0.15) is 25.3 Å². The largest absolute Gasteiger partial charge is 0.431 e. The van der Waals surface area contributed by atoms with Gasteiger partial charge in [-0.1, -0.05) is 48.9 Å². The summed E-state index contributed by atoms with van der Waals surface area (Å²) in [5.41, 5.74) is 1.25. The molecular weight excluding hydrogens is 242 g/mol. The lowest BCUT2D eigenvalue weighted by molar-refractivity contribution is 0.478. The van der Waals surface area contributed by atoms with Crippen molar-refractivity contribution in [3.8, 4) is 10.9 Å². The van der Waals surface area contributed by atoms with Crippen LogP contribution < -0.4 is 4.74 Å². The van der Waals surface area contributed by atoms with E-state index in [9.17, 15) is 0 Å². The maximum Gasteiger partial charge on any atom is 0.280 e. The summed E-state index contributed by atoms with van der Waals surface area (Å²) < 4.78 is 5.61. The van der Waals surface area contributed by atoms with Crippen molar-refractivity contribution in [1.29, 1.82) is 0 Å². The van der Waals surface area contributed by atoms with Crippen molar-refractivity contribution in [2.45, 2.75) is 19.8 Å². The fraction of sp³-hybridized carbons (Fsp3) is 0.250. The summed E-state index contributed by atoms with van der Waals surface area (Å²) in [7, 11) is 0. The number of benzene rings is 1. The fourth-order valence-corrected chi connectivity index (χ4v) is 2.13. The summed E-state index contributed by atoms with van der Waals surface area (Å²) in [4.78, 5) is 4.04. The molecule has 0 N–H and O–H groups in total. The quantitative estimate of drug-likeness (QED) is 0.790. The van der Waals surface area contributed by atoms with Crippen LogP contribution in [0.3, 0.4) is 0 Å². The molecule has 1 aromatic carbocycles. The van der Waals surface area contributed by atoms with Crippen LogP contribution in [0, 0.1) is 0 Å². The number of hydrogen-bond acceptors (Lipinski definition) is 3. The number of halogens is 1. The molecular formula is C12H12ClNOS. The number of hydrogen-bond donors (Lipinski definition) is 0. The molecule has 0 saturated carbocycles. The molecule has 0 saturated heterocycles. The average molecular weight is 254 g/mol. The molecule has 16 heavy (non-hydrogen) atoms. The Kier molecular flexibility index (Phi) is 3.46. The minimum atomic E-state index is 0.472. The third-order valence-corrected chi connectivity index (χ3v) is 3.23. The highest BCUT2D eigenvalue weighted by atomic mass is 35.5. The van der Waals surface area contributed by atoms with Crippen LogP contribution in [0.4, 0.5) is 0 Å². The minimum Gasteiger partial charge on any atom is -0.431 e. The summed E-state index contributed by atoms with van der Waals surface area (Å²) in [6.07, 6.45) is 0. The molecule has 84 valence electrons. The van der Waals surface area contributed by atoms with Crippen LogP contribution in [-0.2, 0) is 0 Å². The molecule has 0 spiro atoms. The molecule has 2 nitrogen and oxygen atoms in total. The van der Waals surface area contributed by atoms with Crippen molar-refractivity contribution in [1.82, 2.24) is 4.98 Å². The van der Waals surface area contributed by atoms with E-state index < -0.39 is 0 Å². The maximum atomic E-state index is 5.73. The van der Waals surface area contributed by atoms with Crippen LogP contribution in [0.25, 0.3) is 0 Å². The van der Waals surface area contributed by atoms with Crippen molar-refractivity contribution in [3.63, 3.8) is 0 Å². The SMILES string of the molecule is CC(C)c1cccc(Oc2nc(Cl)cs2)c1. The zero-order valence-electron chi connectivity index (χ0n) is 9.11. The molecule has 0 amide bonds. The van der Waals surface area contributed by atoms with Gasteiger partial charge in [0.15, 0.2) is 0 Å². The summed E-state index contributed by atoms with van der Waals surface area (Å²) >= 11 is 7.12. The monoisotopic (exact) mass is 253 g/mol. The molecule has 0 radical (unpaired) electrons. The standard InChI is InChI=1S/C12H12ClNOS/c1-8(2)9-4-3-5-10(6-9)15-12-14-11(13)7-16-12/h3-8H,1-2H3. The molecule has 2 aromatic rings. The van der Waals surface area contributed by atoms with Gasteiger partial charge in [0.25, 0.3) is 5.19 Å². The molecule has 2 rings (SSSR count). The second kappa shape index (κ2) is 4.85. The molecule has 0 fully saturated rings. The molecule has 0 aliphatic rings. The summed E-state index contributed by atoms with van der Waals surface area (Å²) in [6, 6.07) is 8.02. The normalized spacial score (nSPS) is 10.8. The van der Waals surface area contributed by atoms with Crippen LogP contribution in [0.2, 0.25) is 5.15 Å². The van der Waals surface area contributed by atoms with E-state index in [1.165, 1.54) is 16.9 Å².